The second-order valence-electron chi connectivity index (χ2n) is 5.60. The Morgan fingerprint density at radius 2 is 1.68 bits per heavy atom. The molecule has 0 aliphatic carbocycles. The number of benzene rings is 2. The summed E-state index contributed by atoms with van der Waals surface area (Å²) in [6.45, 7) is 0. The second kappa shape index (κ2) is 6.28. The Kier molecular flexibility index (Phi) is 3.82. The molecule has 4 aromatic rings. The smallest absolute Gasteiger partial charge is 0.130 e. The lowest BCUT2D eigenvalue weighted by Gasteiger charge is -2.01. The van der Waals surface area contributed by atoms with Crippen molar-refractivity contribution in [2.24, 2.45) is 0 Å². The molecule has 0 saturated carbocycles. The van der Waals surface area contributed by atoms with E-state index in [-0.39, 0.29) is 5.56 Å². The molecule has 0 aliphatic rings. The van der Waals surface area contributed by atoms with Crippen LogP contribution in [0.15, 0.2) is 60.9 Å². The first-order valence-electron chi connectivity index (χ1n) is 7.72. The minimum Gasteiger partial charge on any atom is -0.277 e. The predicted octanol–water partition coefficient (Wildman–Crippen LogP) is 5.07. The standard InChI is InChI=1S/C20H13F2N3/c21-16-3-5-18(22)15(11-16)2-6-19-17-4-1-14(12-20(17)25-24-19)13-7-9-23-10-8-13/h1-12H,(H,24,25). The first-order chi connectivity index (χ1) is 12.2. The number of H-pyrrole nitrogens is 1. The number of pyridine rings is 1. The zero-order valence-electron chi connectivity index (χ0n) is 13.1. The number of aromatic amines is 1. The Balaban J connectivity index is 1.70. The Bertz CT molecular complexity index is 1070. The van der Waals surface area contributed by atoms with Gasteiger partial charge in [0.15, 0.2) is 0 Å². The lowest BCUT2D eigenvalue weighted by molar-refractivity contribution is 0.598. The van der Waals surface area contributed by atoms with Crippen LogP contribution in [0.1, 0.15) is 11.3 Å². The molecule has 3 nitrogen and oxygen atoms in total. The van der Waals surface area contributed by atoms with Gasteiger partial charge in [-0.05, 0) is 65.7 Å². The van der Waals surface area contributed by atoms with Gasteiger partial charge >= 0.3 is 0 Å². The fourth-order valence-corrected chi connectivity index (χ4v) is 2.70. The fourth-order valence-electron chi connectivity index (χ4n) is 2.70. The highest BCUT2D eigenvalue weighted by molar-refractivity contribution is 5.92. The Hall–Kier alpha value is -3.34. The summed E-state index contributed by atoms with van der Waals surface area (Å²) < 4.78 is 26.9. The molecular weight excluding hydrogens is 320 g/mol. The molecule has 0 radical (unpaired) electrons. The van der Waals surface area contributed by atoms with Gasteiger partial charge in [-0.15, -0.1) is 0 Å². The van der Waals surface area contributed by atoms with Crippen molar-refractivity contribution in [3.63, 3.8) is 0 Å². The van der Waals surface area contributed by atoms with Crippen molar-refractivity contribution in [1.29, 1.82) is 0 Å². The highest BCUT2D eigenvalue weighted by atomic mass is 19.1. The van der Waals surface area contributed by atoms with Crippen LogP contribution in [0.2, 0.25) is 0 Å². The number of hydrogen-bond acceptors (Lipinski definition) is 2. The summed E-state index contributed by atoms with van der Waals surface area (Å²) in [5, 5.41) is 8.14. The number of fused-ring (bicyclic) bond motifs is 1. The molecule has 0 amide bonds. The average Bonchev–Trinajstić information content (AvgIpc) is 3.05. The third-order valence-corrected chi connectivity index (χ3v) is 3.98. The predicted molar refractivity (Wildman–Crippen MR) is 94.6 cm³/mol. The van der Waals surface area contributed by atoms with Crippen LogP contribution >= 0.6 is 0 Å². The van der Waals surface area contributed by atoms with E-state index in [0.29, 0.717) is 5.69 Å². The summed E-state index contributed by atoms with van der Waals surface area (Å²) in [6, 6.07) is 13.2. The summed E-state index contributed by atoms with van der Waals surface area (Å²) in [7, 11) is 0. The van der Waals surface area contributed by atoms with Gasteiger partial charge in [0.25, 0.3) is 0 Å². The van der Waals surface area contributed by atoms with Gasteiger partial charge < -0.3 is 0 Å². The summed E-state index contributed by atoms with van der Waals surface area (Å²) in [6.07, 6.45) is 6.68. The molecule has 0 unspecified atom stereocenters. The molecule has 0 spiro atoms. The SMILES string of the molecule is Fc1ccc(F)c(C=Cc2n[nH]c3cc(-c4ccncc4)ccc23)c1. The molecule has 1 N–H and O–H groups in total. The zero-order chi connectivity index (χ0) is 17.2. The molecule has 0 saturated heterocycles. The van der Waals surface area contributed by atoms with Crippen molar-refractivity contribution < 1.29 is 8.78 Å². The van der Waals surface area contributed by atoms with E-state index in [4.69, 9.17) is 0 Å². The van der Waals surface area contributed by atoms with Crippen molar-refractivity contribution in [3.05, 3.63) is 83.8 Å². The summed E-state index contributed by atoms with van der Waals surface area (Å²) in [5.74, 6) is -0.951. The molecule has 4 rings (SSSR count). The van der Waals surface area contributed by atoms with E-state index < -0.39 is 11.6 Å². The monoisotopic (exact) mass is 333 g/mol. The number of nitrogens with one attached hydrogen (secondary N) is 1. The Labute approximate surface area is 142 Å². The summed E-state index contributed by atoms with van der Waals surface area (Å²) >= 11 is 0. The number of aromatic nitrogens is 3. The van der Waals surface area contributed by atoms with Crippen LogP contribution in [0.3, 0.4) is 0 Å². The van der Waals surface area contributed by atoms with Gasteiger partial charge in [-0.3, -0.25) is 10.1 Å². The van der Waals surface area contributed by atoms with Gasteiger partial charge in [0.05, 0.1) is 11.2 Å². The van der Waals surface area contributed by atoms with Gasteiger partial charge in [-0.1, -0.05) is 6.07 Å². The zero-order valence-corrected chi connectivity index (χ0v) is 13.1. The molecule has 2 aromatic carbocycles. The van der Waals surface area contributed by atoms with Crippen molar-refractivity contribution >= 4 is 23.1 Å². The highest BCUT2D eigenvalue weighted by Crippen LogP contribution is 2.25. The maximum absolute atomic E-state index is 13.7. The Morgan fingerprint density at radius 3 is 2.52 bits per heavy atom. The van der Waals surface area contributed by atoms with Gasteiger partial charge in [0, 0.05) is 23.3 Å². The molecular formula is C20H13F2N3. The molecule has 0 atom stereocenters. The number of hydrogen-bond donors (Lipinski definition) is 1. The van der Waals surface area contributed by atoms with E-state index in [2.05, 4.69) is 15.2 Å². The van der Waals surface area contributed by atoms with E-state index in [9.17, 15) is 8.78 Å². The fraction of sp³-hybridized carbons (Fsp3) is 0. The summed E-state index contributed by atoms with van der Waals surface area (Å²) in [5.41, 5.74) is 3.83. The van der Waals surface area contributed by atoms with Crippen molar-refractivity contribution in [2.75, 3.05) is 0 Å². The molecule has 0 fully saturated rings. The van der Waals surface area contributed by atoms with Crippen molar-refractivity contribution in [3.8, 4) is 11.1 Å². The van der Waals surface area contributed by atoms with Crippen LogP contribution in [-0.4, -0.2) is 15.2 Å². The van der Waals surface area contributed by atoms with Gasteiger partial charge in [0.2, 0.25) is 0 Å². The molecule has 2 heterocycles. The minimum absolute atomic E-state index is 0.185. The first kappa shape index (κ1) is 15.2. The lowest BCUT2D eigenvalue weighted by atomic mass is 10.0. The number of halogens is 2. The summed E-state index contributed by atoms with van der Waals surface area (Å²) in [4.78, 5) is 4.02. The van der Waals surface area contributed by atoms with Crippen LogP contribution in [0.5, 0.6) is 0 Å². The van der Waals surface area contributed by atoms with E-state index in [1.54, 1.807) is 18.5 Å². The molecule has 25 heavy (non-hydrogen) atoms. The van der Waals surface area contributed by atoms with E-state index in [1.807, 2.05) is 30.3 Å². The van der Waals surface area contributed by atoms with Crippen molar-refractivity contribution in [1.82, 2.24) is 15.2 Å². The average molecular weight is 333 g/mol. The van der Waals surface area contributed by atoms with Crippen LogP contribution in [-0.2, 0) is 0 Å². The van der Waals surface area contributed by atoms with Gasteiger partial charge in [0.1, 0.15) is 11.6 Å². The van der Waals surface area contributed by atoms with Crippen molar-refractivity contribution in [2.45, 2.75) is 0 Å². The lowest BCUT2D eigenvalue weighted by Crippen LogP contribution is -1.84. The van der Waals surface area contributed by atoms with Gasteiger partial charge in [-0.2, -0.15) is 5.10 Å². The molecule has 0 bridgehead atoms. The first-order valence-corrected chi connectivity index (χ1v) is 7.72. The minimum atomic E-state index is -0.477. The third kappa shape index (κ3) is 3.04. The number of nitrogens with zero attached hydrogens (tertiary/aromatic N) is 2. The number of rotatable bonds is 3. The van der Waals surface area contributed by atoms with Crippen LogP contribution in [0.4, 0.5) is 8.78 Å². The largest absolute Gasteiger partial charge is 0.277 e. The third-order valence-electron chi connectivity index (χ3n) is 3.98. The maximum Gasteiger partial charge on any atom is 0.130 e. The van der Waals surface area contributed by atoms with Crippen LogP contribution in [0.25, 0.3) is 34.2 Å². The topological polar surface area (TPSA) is 41.6 Å². The van der Waals surface area contributed by atoms with E-state index in [0.717, 1.165) is 40.2 Å². The molecule has 0 aliphatic heterocycles. The van der Waals surface area contributed by atoms with Crippen LogP contribution < -0.4 is 0 Å². The quantitative estimate of drug-likeness (QED) is 0.568. The second-order valence-corrected chi connectivity index (χ2v) is 5.60. The molecule has 5 heteroatoms. The van der Waals surface area contributed by atoms with Gasteiger partial charge in [-0.25, -0.2) is 8.78 Å². The van der Waals surface area contributed by atoms with E-state index in [1.165, 1.54) is 6.08 Å². The highest BCUT2D eigenvalue weighted by Gasteiger charge is 2.06. The van der Waals surface area contributed by atoms with Crippen LogP contribution in [0, 0.1) is 11.6 Å². The Morgan fingerprint density at radius 1 is 0.840 bits per heavy atom. The maximum atomic E-state index is 13.7. The van der Waals surface area contributed by atoms with E-state index >= 15 is 0 Å². The molecule has 122 valence electrons. The molecule has 2 aromatic heterocycles. The normalized spacial score (nSPS) is 11.4.